The Kier molecular flexibility index (Phi) is 5.85. The van der Waals surface area contributed by atoms with Gasteiger partial charge in [-0.05, 0) is 0 Å². The predicted octanol–water partition coefficient (Wildman–Crippen LogP) is 5.49. The van der Waals surface area contributed by atoms with E-state index in [9.17, 15) is 0 Å². The number of nitrogens with zero attached hydrogens (tertiary/aromatic N) is 1. The number of rotatable bonds is 4. The first-order valence-corrected chi connectivity index (χ1v) is 11.8. The van der Waals surface area contributed by atoms with Crippen LogP contribution in [-0.4, -0.2) is 26.3 Å². The van der Waals surface area contributed by atoms with Gasteiger partial charge in [-0.15, -0.1) is 0 Å². The topological polar surface area (TPSA) is 40.0 Å². The van der Waals surface area contributed by atoms with Crippen molar-refractivity contribution in [1.29, 1.82) is 0 Å². The van der Waals surface area contributed by atoms with Gasteiger partial charge in [-0.3, -0.25) is 0 Å². The number of benzene rings is 2. The Morgan fingerprint density at radius 3 is 2.74 bits per heavy atom. The van der Waals surface area contributed by atoms with Crippen LogP contribution in [0.2, 0.25) is 0 Å². The van der Waals surface area contributed by atoms with E-state index >= 15 is 0 Å². The molecule has 3 aliphatic rings. The summed E-state index contributed by atoms with van der Waals surface area (Å²) in [6.07, 6.45) is 7.50. The van der Waals surface area contributed by atoms with E-state index < -0.39 is 5.79 Å². The fraction of sp³-hybridized carbons (Fsp3) is 0.440. The first-order valence-electron chi connectivity index (χ1n) is 11.2. The molecule has 0 aromatic heterocycles. The van der Waals surface area contributed by atoms with Crippen molar-refractivity contribution < 1.29 is 14.1 Å². The molecule has 1 saturated carbocycles. The minimum absolute atomic E-state index is 0.0992. The average Bonchev–Trinajstić information content (AvgIpc) is 3.28. The molecule has 1 aliphatic heterocycles. The van der Waals surface area contributed by atoms with Crippen molar-refractivity contribution in [3.63, 3.8) is 0 Å². The molecule has 0 radical (unpaired) electrons. The van der Waals surface area contributed by atoms with Gasteiger partial charge in [0.1, 0.15) is 0 Å². The zero-order valence-electron chi connectivity index (χ0n) is 18.0. The maximum atomic E-state index is 6.33. The molecule has 2 aromatic carbocycles. The van der Waals surface area contributed by atoms with Crippen molar-refractivity contribution in [3.05, 3.63) is 70.8 Å². The SMILES string of the molecule is CC[C@@]12C/C(=C\c3ccccc3)C3(C[C@H]1CCc1cc(OB=NP)ccc12)OCCO3. The standard InChI is InChI=1S/C25H29BNO3P/c1-2-24-16-21(14-18-6-4-3-5-7-18)25(28-12-13-29-25)17-20(24)9-8-19-15-22(30-26-27-31)10-11-23(19)24/h3-7,10-11,14-15,20H,2,8-9,12-13,16-17,31H2,1H3/b21-14+/t20-,24-/m1/s1. The summed E-state index contributed by atoms with van der Waals surface area (Å²) in [5.41, 5.74) is 5.45. The molecule has 31 heavy (non-hydrogen) atoms. The third-order valence-corrected chi connectivity index (χ3v) is 7.56. The molecule has 160 valence electrons. The van der Waals surface area contributed by atoms with Gasteiger partial charge in [-0.2, -0.15) is 0 Å². The molecule has 1 unspecified atom stereocenters. The molecule has 1 spiro atoms. The van der Waals surface area contributed by atoms with Crippen molar-refractivity contribution in [1.82, 2.24) is 0 Å². The van der Waals surface area contributed by atoms with Crippen molar-refractivity contribution in [2.24, 2.45) is 10.6 Å². The van der Waals surface area contributed by atoms with Crippen LogP contribution in [0.3, 0.4) is 0 Å². The van der Waals surface area contributed by atoms with Crippen LogP contribution >= 0.6 is 9.39 Å². The summed E-state index contributed by atoms with van der Waals surface area (Å²) < 4.78 is 22.2. The zero-order chi connectivity index (χ0) is 21.3. The number of ether oxygens (including phenoxy) is 2. The Bertz CT molecular complexity index is 1000. The molecule has 4 nitrogen and oxygen atoms in total. The number of fused-ring (bicyclic) bond motifs is 3. The van der Waals surface area contributed by atoms with E-state index in [1.165, 1.54) is 29.5 Å². The normalized spacial score (nSPS) is 27.8. The second-order valence-electron chi connectivity index (χ2n) is 8.85. The van der Waals surface area contributed by atoms with E-state index in [2.05, 4.69) is 75.6 Å². The Hall–Kier alpha value is -1.81. The Morgan fingerprint density at radius 2 is 2.00 bits per heavy atom. The van der Waals surface area contributed by atoms with Gasteiger partial charge in [0.15, 0.2) is 0 Å². The average molecular weight is 433 g/mol. The molecular weight excluding hydrogens is 404 g/mol. The summed E-state index contributed by atoms with van der Waals surface area (Å²) in [5.74, 6) is 0.829. The van der Waals surface area contributed by atoms with Gasteiger partial charge in [0.05, 0.1) is 0 Å². The zero-order valence-corrected chi connectivity index (χ0v) is 19.2. The Morgan fingerprint density at radius 1 is 1.19 bits per heavy atom. The van der Waals surface area contributed by atoms with E-state index in [0.29, 0.717) is 19.1 Å². The van der Waals surface area contributed by atoms with Crippen molar-refractivity contribution in [3.8, 4) is 5.75 Å². The summed E-state index contributed by atoms with van der Waals surface area (Å²) in [4.78, 5) is 0. The van der Waals surface area contributed by atoms with Gasteiger partial charge in [0.25, 0.3) is 0 Å². The molecule has 0 N–H and O–H groups in total. The molecule has 2 aromatic rings. The third kappa shape index (κ3) is 3.71. The summed E-state index contributed by atoms with van der Waals surface area (Å²) >= 11 is 0. The van der Waals surface area contributed by atoms with E-state index in [0.717, 1.165) is 37.9 Å². The summed E-state index contributed by atoms with van der Waals surface area (Å²) in [7, 11) is 3.77. The van der Waals surface area contributed by atoms with Gasteiger partial charge >= 0.3 is 181 Å². The van der Waals surface area contributed by atoms with Crippen LogP contribution in [0.1, 0.15) is 49.3 Å². The third-order valence-electron chi connectivity index (χ3n) is 7.44. The minimum atomic E-state index is -0.561. The summed E-state index contributed by atoms with van der Waals surface area (Å²) in [6.45, 7) is 3.68. The number of aryl methyl sites for hydroxylation is 1. The molecule has 0 amide bonds. The molecule has 2 fully saturated rings. The number of hydrogen-bond donors (Lipinski definition) is 0. The predicted molar refractivity (Wildman–Crippen MR) is 127 cm³/mol. The van der Waals surface area contributed by atoms with Crippen LogP contribution in [0.25, 0.3) is 6.08 Å². The van der Waals surface area contributed by atoms with E-state index in [1.807, 2.05) is 0 Å². The molecule has 6 heteroatoms. The monoisotopic (exact) mass is 433 g/mol. The molecule has 1 heterocycles. The Labute approximate surface area is 187 Å². The van der Waals surface area contributed by atoms with Gasteiger partial charge < -0.3 is 0 Å². The summed E-state index contributed by atoms with van der Waals surface area (Å²) in [5, 5.41) is 0. The van der Waals surface area contributed by atoms with Crippen LogP contribution in [0.5, 0.6) is 5.75 Å². The molecule has 0 bridgehead atoms. The van der Waals surface area contributed by atoms with Gasteiger partial charge in [0, 0.05) is 0 Å². The molecule has 2 aliphatic carbocycles. The van der Waals surface area contributed by atoms with Crippen molar-refractivity contribution >= 4 is 22.7 Å². The molecule has 3 atom stereocenters. The fourth-order valence-corrected chi connectivity index (χ4v) is 6.05. The second kappa shape index (κ2) is 8.62. The Balaban J connectivity index is 1.58. The number of hydrogen-bond acceptors (Lipinski definition) is 4. The molecule has 5 rings (SSSR count). The van der Waals surface area contributed by atoms with E-state index in [1.54, 1.807) is 0 Å². The summed E-state index contributed by atoms with van der Waals surface area (Å²) in [6, 6.07) is 17.1. The van der Waals surface area contributed by atoms with E-state index in [-0.39, 0.29) is 5.41 Å². The molecule has 1 saturated heterocycles. The first kappa shape index (κ1) is 21.1. The van der Waals surface area contributed by atoms with Crippen LogP contribution in [0.15, 0.2) is 58.8 Å². The van der Waals surface area contributed by atoms with Gasteiger partial charge in [0.2, 0.25) is 0 Å². The quantitative estimate of drug-likeness (QED) is 0.473. The van der Waals surface area contributed by atoms with Gasteiger partial charge in [-0.1, -0.05) is 6.07 Å². The fourth-order valence-electron chi connectivity index (χ4n) is 5.99. The van der Waals surface area contributed by atoms with Crippen LogP contribution in [0.4, 0.5) is 0 Å². The van der Waals surface area contributed by atoms with Crippen LogP contribution < -0.4 is 4.65 Å². The maximum absolute atomic E-state index is 6.33. The van der Waals surface area contributed by atoms with Crippen LogP contribution in [-0.2, 0) is 21.3 Å². The first-order chi connectivity index (χ1) is 15.2. The molecular formula is C25H29BNO3P. The van der Waals surface area contributed by atoms with Crippen LogP contribution in [0, 0.1) is 5.92 Å². The van der Waals surface area contributed by atoms with Gasteiger partial charge in [-0.25, -0.2) is 0 Å². The van der Waals surface area contributed by atoms with Crippen molar-refractivity contribution in [2.45, 2.75) is 50.2 Å². The second-order valence-corrected chi connectivity index (χ2v) is 9.15. The van der Waals surface area contributed by atoms with E-state index in [4.69, 9.17) is 14.1 Å². The van der Waals surface area contributed by atoms with Crippen molar-refractivity contribution in [2.75, 3.05) is 13.2 Å².